The van der Waals surface area contributed by atoms with E-state index in [2.05, 4.69) is 4.72 Å². The van der Waals surface area contributed by atoms with Crippen molar-refractivity contribution < 1.29 is 13.5 Å². The average molecular weight is 332 g/mol. The number of hydrogen-bond donors (Lipinski definition) is 2. The van der Waals surface area contributed by atoms with Crippen molar-refractivity contribution in [3.05, 3.63) is 58.1 Å². The number of aliphatic hydroxyl groups is 1. The van der Waals surface area contributed by atoms with Crippen LogP contribution in [0.25, 0.3) is 0 Å². The number of anilines is 1. The summed E-state index contributed by atoms with van der Waals surface area (Å²) in [7, 11) is -3.73. The Morgan fingerprint density at radius 3 is 2.25 bits per heavy atom. The van der Waals surface area contributed by atoms with E-state index >= 15 is 0 Å². The lowest BCUT2D eigenvalue weighted by Crippen LogP contribution is -2.13. The molecule has 0 atom stereocenters. The van der Waals surface area contributed by atoms with Crippen LogP contribution in [0.5, 0.6) is 0 Å². The van der Waals surface area contributed by atoms with Crippen LogP contribution in [0.15, 0.2) is 47.4 Å². The summed E-state index contributed by atoms with van der Waals surface area (Å²) < 4.78 is 26.8. The molecule has 0 unspecified atom stereocenters. The second-order valence-electron chi connectivity index (χ2n) is 4.02. The molecule has 4 nitrogen and oxygen atoms in total. The van der Waals surface area contributed by atoms with Crippen LogP contribution < -0.4 is 4.72 Å². The third-order valence-corrected chi connectivity index (χ3v) is 4.58. The zero-order valence-electron chi connectivity index (χ0n) is 10.2. The van der Waals surface area contributed by atoms with Gasteiger partial charge in [0.05, 0.1) is 11.5 Å². The minimum absolute atomic E-state index is 0.0228. The van der Waals surface area contributed by atoms with Gasteiger partial charge in [-0.15, -0.1) is 0 Å². The summed E-state index contributed by atoms with van der Waals surface area (Å²) >= 11 is 11.6. The maximum atomic E-state index is 12.2. The minimum Gasteiger partial charge on any atom is -0.392 e. The van der Waals surface area contributed by atoms with Crippen molar-refractivity contribution in [2.45, 2.75) is 11.5 Å². The smallest absolute Gasteiger partial charge is 0.261 e. The van der Waals surface area contributed by atoms with E-state index in [1.807, 2.05) is 0 Å². The summed E-state index contributed by atoms with van der Waals surface area (Å²) in [5, 5.41) is 9.73. The standard InChI is InChI=1S/C13H11Cl2NO3S/c14-10-2-4-11(5-3-10)16-20(18,19)12-6-1-9(8-17)13(15)7-12/h1-7,16-17H,8H2. The maximum absolute atomic E-state index is 12.2. The summed E-state index contributed by atoms with van der Waals surface area (Å²) in [5.41, 5.74) is 0.869. The molecule has 2 aromatic carbocycles. The van der Waals surface area contributed by atoms with Crippen molar-refractivity contribution in [2.75, 3.05) is 4.72 Å². The zero-order chi connectivity index (χ0) is 14.8. The molecule has 0 fully saturated rings. The molecule has 2 rings (SSSR count). The largest absolute Gasteiger partial charge is 0.392 e. The van der Waals surface area contributed by atoms with Crippen LogP contribution in [0, 0.1) is 0 Å². The predicted octanol–water partition coefficient (Wildman–Crippen LogP) is 3.29. The van der Waals surface area contributed by atoms with E-state index in [9.17, 15) is 8.42 Å². The lowest BCUT2D eigenvalue weighted by molar-refractivity contribution is 0.282. The molecule has 0 saturated carbocycles. The van der Waals surface area contributed by atoms with E-state index in [0.29, 0.717) is 16.3 Å². The highest BCUT2D eigenvalue weighted by Gasteiger charge is 2.15. The first kappa shape index (κ1) is 15.1. The highest BCUT2D eigenvalue weighted by molar-refractivity contribution is 7.92. The number of aliphatic hydroxyl groups excluding tert-OH is 1. The number of sulfonamides is 1. The first-order valence-electron chi connectivity index (χ1n) is 5.60. The van der Waals surface area contributed by atoms with Crippen molar-refractivity contribution in [1.29, 1.82) is 0 Å². The minimum atomic E-state index is -3.73. The molecule has 7 heteroatoms. The Morgan fingerprint density at radius 1 is 1.05 bits per heavy atom. The second-order valence-corrected chi connectivity index (χ2v) is 6.55. The lowest BCUT2D eigenvalue weighted by Gasteiger charge is -2.09. The summed E-state index contributed by atoms with van der Waals surface area (Å²) in [6.07, 6.45) is 0. The molecule has 2 aromatic rings. The van der Waals surface area contributed by atoms with Crippen LogP contribution in [0.1, 0.15) is 5.56 Å². The topological polar surface area (TPSA) is 66.4 Å². The predicted molar refractivity (Wildman–Crippen MR) is 79.6 cm³/mol. The van der Waals surface area contributed by atoms with Crippen molar-refractivity contribution in [1.82, 2.24) is 0 Å². The average Bonchev–Trinajstić information content (AvgIpc) is 2.41. The van der Waals surface area contributed by atoms with Gasteiger partial charge in [0, 0.05) is 15.7 Å². The number of rotatable bonds is 4. The van der Waals surface area contributed by atoms with Gasteiger partial charge in [0.25, 0.3) is 10.0 Å². The van der Waals surface area contributed by atoms with E-state index in [-0.39, 0.29) is 16.5 Å². The van der Waals surface area contributed by atoms with Crippen LogP contribution in [0.4, 0.5) is 5.69 Å². The molecule has 0 saturated heterocycles. The first-order valence-corrected chi connectivity index (χ1v) is 7.84. The Balaban J connectivity index is 2.30. The van der Waals surface area contributed by atoms with Gasteiger partial charge in [0.1, 0.15) is 0 Å². The lowest BCUT2D eigenvalue weighted by atomic mass is 10.2. The first-order chi connectivity index (χ1) is 9.42. The second kappa shape index (κ2) is 6.01. The third-order valence-electron chi connectivity index (χ3n) is 2.60. The molecular formula is C13H11Cl2NO3S. The molecule has 0 spiro atoms. The third kappa shape index (κ3) is 3.43. The van der Waals surface area contributed by atoms with E-state index in [1.54, 1.807) is 24.3 Å². The highest BCUT2D eigenvalue weighted by Crippen LogP contribution is 2.23. The quantitative estimate of drug-likeness (QED) is 0.903. The molecule has 0 aliphatic carbocycles. The maximum Gasteiger partial charge on any atom is 0.261 e. The summed E-state index contributed by atoms with van der Waals surface area (Å²) in [4.78, 5) is 0.0228. The van der Waals surface area contributed by atoms with E-state index in [1.165, 1.54) is 18.2 Å². The fourth-order valence-electron chi connectivity index (χ4n) is 1.56. The Kier molecular flexibility index (Phi) is 4.55. The van der Waals surface area contributed by atoms with E-state index in [0.717, 1.165) is 0 Å². The molecule has 0 aliphatic rings. The fourth-order valence-corrected chi connectivity index (χ4v) is 3.07. The van der Waals surface area contributed by atoms with Crippen molar-refractivity contribution in [2.24, 2.45) is 0 Å². The highest BCUT2D eigenvalue weighted by atomic mass is 35.5. The molecule has 0 aliphatic heterocycles. The summed E-state index contributed by atoms with van der Waals surface area (Å²) in [5.74, 6) is 0. The van der Waals surface area contributed by atoms with Crippen molar-refractivity contribution in [3.63, 3.8) is 0 Å². The molecule has 0 radical (unpaired) electrons. The van der Waals surface area contributed by atoms with E-state index in [4.69, 9.17) is 28.3 Å². The molecule has 106 valence electrons. The van der Waals surface area contributed by atoms with Gasteiger partial charge < -0.3 is 5.11 Å². The van der Waals surface area contributed by atoms with Gasteiger partial charge in [0.15, 0.2) is 0 Å². The molecule has 0 aromatic heterocycles. The number of nitrogens with one attached hydrogen (secondary N) is 1. The Labute approximate surface area is 127 Å². The van der Waals surface area contributed by atoms with Gasteiger partial charge in [-0.3, -0.25) is 4.72 Å². The van der Waals surface area contributed by atoms with Crippen LogP contribution in [-0.4, -0.2) is 13.5 Å². The van der Waals surface area contributed by atoms with Gasteiger partial charge in [-0.2, -0.15) is 0 Å². The fraction of sp³-hybridized carbons (Fsp3) is 0.0769. The van der Waals surface area contributed by atoms with Crippen molar-refractivity contribution >= 4 is 38.9 Å². The van der Waals surface area contributed by atoms with Crippen LogP contribution >= 0.6 is 23.2 Å². The monoisotopic (exact) mass is 331 g/mol. The summed E-state index contributed by atoms with van der Waals surface area (Å²) in [6, 6.07) is 10.4. The van der Waals surface area contributed by atoms with Gasteiger partial charge in [-0.1, -0.05) is 29.3 Å². The molecular weight excluding hydrogens is 321 g/mol. The molecule has 0 heterocycles. The molecule has 2 N–H and O–H groups in total. The van der Waals surface area contributed by atoms with Crippen LogP contribution in [0.2, 0.25) is 10.0 Å². The van der Waals surface area contributed by atoms with Gasteiger partial charge in [-0.25, -0.2) is 8.42 Å². The summed E-state index contributed by atoms with van der Waals surface area (Å²) in [6.45, 7) is -0.246. The number of benzene rings is 2. The SMILES string of the molecule is O=S(=O)(Nc1ccc(Cl)cc1)c1ccc(CO)c(Cl)c1. The number of halogens is 2. The normalized spacial score (nSPS) is 11.3. The van der Waals surface area contributed by atoms with Gasteiger partial charge in [0.2, 0.25) is 0 Å². The molecule has 0 amide bonds. The van der Waals surface area contributed by atoms with E-state index < -0.39 is 10.0 Å². The zero-order valence-corrected chi connectivity index (χ0v) is 12.5. The molecule has 20 heavy (non-hydrogen) atoms. The van der Waals surface area contributed by atoms with Gasteiger partial charge in [-0.05, 0) is 42.0 Å². The Bertz CT molecular complexity index is 715. The Morgan fingerprint density at radius 2 is 1.70 bits per heavy atom. The molecule has 0 bridgehead atoms. The number of hydrogen-bond acceptors (Lipinski definition) is 3. The Hall–Kier alpha value is -1.27. The van der Waals surface area contributed by atoms with Gasteiger partial charge >= 0.3 is 0 Å². The van der Waals surface area contributed by atoms with Crippen LogP contribution in [0.3, 0.4) is 0 Å². The van der Waals surface area contributed by atoms with Crippen LogP contribution in [-0.2, 0) is 16.6 Å². The van der Waals surface area contributed by atoms with Crippen molar-refractivity contribution in [3.8, 4) is 0 Å².